The fraction of sp³-hybridized carbons (Fsp3) is 0.357. The summed E-state index contributed by atoms with van der Waals surface area (Å²) in [5.74, 6) is -0.995. The molecule has 21 heavy (non-hydrogen) atoms. The summed E-state index contributed by atoms with van der Waals surface area (Å²) < 4.78 is 13.3. The second-order valence-corrected chi connectivity index (χ2v) is 4.91. The number of aryl methyl sites for hydroxylation is 1. The fourth-order valence-electron chi connectivity index (χ4n) is 1.97. The number of imide groups is 1. The Morgan fingerprint density at radius 1 is 1.38 bits per heavy atom. The van der Waals surface area contributed by atoms with Crippen molar-refractivity contribution in [3.8, 4) is 0 Å². The van der Waals surface area contributed by atoms with E-state index in [0.29, 0.717) is 11.1 Å². The molecule has 6 nitrogen and oxygen atoms in total. The van der Waals surface area contributed by atoms with E-state index in [2.05, 4.69) is 16.0 Å². The van der Waals surface area contributed by atoms with Gasteiger partial charge in [0, 0.05) is 13.0 Å². The monoisotopic (exact) mass is 293 g/mol. The molecule has 1 aliphatic rings. The van der Waals surface area contributed by atoms with Crippen LogP contribution in [0.25, 0.3) is 0 Å². The highest BCUT2D eigenvalue weighted by atomic mass is 19.1. The first-order valence-corrected chi connectivity index (χ1v) is 6.59. The molecule has 1 atom stereocenters. The summed E-state index contributed by atoms with van der Waals surface area (Å²) in [4.78, 5) is 33.8. The Labute approximate surface area is 121 Å². The molecule has 1 saturated heterocycles. The number of amides is 4. The van der Waals surface area contributed by atoms with Crippen molar-refractivity contribution in [1.82, 2.24) is 16.0 Å². The molecule has 1 heterocycles. The van der Waals surface area contributed by atoms with Crippen LogP contribution in [0.5, 0.6) is 0 Å². The lowest BCUT2D eigenvalue weighted by Crippen LogP contribution is -2.31. The lowest BCUT2D eigenvalue weighted by molar-refractivity contribution is -0.122. The largest absolute Gasteiger partial charge is 0.352 e. The van der Waals surface area contributed by atoms with E-state index in [1.165, 1.54) is 6.07 Å². The number of halogens is 1. The van der Waals surface area contributed by atoms with Gasteiger partial charge in [0.05, 0.1) is 0 Å². The van der Waals surface area contributed by atoms with Crippen molar-refractivity contribution in [2.75, 3.05) is 0 Å². The van der Waals surface area contributed by atoms with Gasteiger partial charge in [0.15, 0.2) is 0 Å². The first-order chi connectivity index (χ1) is 9.95. The second kappa shape index (κ2) is 6.34. The maximum absolute atomic E-state index is 13.3. The van der Waals surface area contributed by atoms with Crippen LogP contribution in [0.4, 0.5) is 9.18 Å². The minimum atomic E-state index is -0.667. The molecule has 0 spiro atoms. The van der Waals surface area contributed by atoms with E-state index in [4.69, 9.17) is 0 Å². The fourth-order valence-corrected chi connectivity index (χ4v) is 1.97. The Kier molecular flexibility index (Phi) is 4.52. The van der Waals surface area contributed by atoms with Gasteiger partial charge in [-0.25, -0.2) is 9.18 Å². The molecular weight excluding hydrogens is 277 g/mol. The van der Waals surface area contributed by atoms with Crippen LogP contribution >= 0.6 is 0 Å². The Morgan fingerprint density at radius 2 is 2.14 bits per heavy atom. The minimum absolute atomic E-state index is 0.104. The number of benzene rings is 1. The van der Waals surface area contributed by atoms with Gasteiger partial charge in [-0.05, 0) is 30.5 Å². The lowest BCUT2D eigenvalue weighted by Gasteiger charge is -2.08. The molecule has 1 aromatic carbocycles. The molecule has 1 aromatic rings. The number of rotatable bonds is 5. The molecule has 0 saturated carbocycles. The van der Waals surface area contributed by atoms with Gasteiger partial charge in [0.25, 0.3) is 5.91 Å². The molecule has 112 valence electrons. The average molecular weight is 293 g/mol. The van der Waals surface area contributed by atoms with Crippen LogP contribution in [0.2, 0.25) is 0 Å². The number of urea groups is 1. The molecule has 0 aliphatic carbocycles. The van der Waals surface area contributed by atoms with Crippen LogP contribution in [0.1, 0.15) is 24.0 Å². The molecule has 2 rings (SSSR count). The van der Waals surface area contributed by atoms with Gasteiger partial charge in [-0.15, -0.1) is 0 Å². The summed E-state index contributed by atoms with van der Waals surface area (Å²) in [7, 11) is 0. The standard InChI is InChI=1S/C14H16FN3O3/c1-8-2-3-9(6-10(8)15)7-16-12(19)5-4-11-13(20)18-14(21)17-11/h2-3,6,11H,4-5,7H2,1H3,(H,16,19)(H2,17,18,20,21). The Balaban J connectivity index is 1.76. The number of hydrogen-bond donors (Lipinski definition) is 3. The van der Waals surface area contributed by atoms with Gasteiger partial charge in [-0.2, -0.15) is 0 Å². The second-order valence-electron chi connectivity index (χ2n) is 4.91. The van der Waals surface area contributed by atoms with E-state index in [1.807, 2.05) is 0 Å². The number of hydrogen-bond acceptors (Lipinski definition) is 3. The van der Waals surface area contributed by atoms with Crippen molar-refractivity contribution in [2.45, 2.75) is 32.4 Å². The van der Waals surface area contributed by atoms with Gasteiger partial charge in [-0.3, -0.25) is 14.9 Å². The zero-order valence-corrected chi connectivity index (χ0v) is 11.5. The summed E-state index contributed by atoms with van der Waals surface area (Å²) in [6.45, 7) is 1.89. The molecule has 0 bridgehead atoms. The third kappa shape index (κ3) is 4.01. The molecule has 3 N–H and O–H groups in total. The highest BCUT2D eigenvalue weighted by Gasteiger charge is 2.29. The molecular formula is C14H16FN3O3. The molecule has 7 heteroatoms. The predicted octanol–water partition coefficient (Wildman–Crippen LogP) is 0.739. The van der Waals surface area contributed by atoms with Crippen molar-refractivity contribution >= 4 is 17.8 Å². The van der Waals surface area contributed by atoms with Gasteiger partial charge in [-0.1, -0.05) is 12.1 Å². The summed E-state index contributed by atoms with van der Waals surface area (Å²) in [6.07, 6.45) is 0.332. The minimum Gasteiger partial charge on any atom is -0.352 e. The van der Waals surface area contributed by atoms with Crippen LogP contribution in [0.15, 0.2) is 18.2 Å². The van der Waals surface area contributed by atoms with E-state index < -0.39 is 18.0 Å². The van der Waals surface area contributed by atoms with E-state index >= 15 is 0 Å². The van der Waals surface area contributed by atoms with Crippen molar-refractivity contribution in [1.29, 1.82) is 0 Å². The molecule has 1 aliphatic heterocycles. The third-order valence-corrected chi connectivity index (χ3v) is 3.24. The average Bonchev–Trinajstić information content (AvgIpc) is 2.76. The van der Waals surface area contributed by atoms with Crippen molar-refractivity contribution in [3.05, 3.63) is 35.1 Å². The maximum atomic E-state index is 13.3. The van der Waals surface area contributed by atoms with E-state index in [9.17, 15) is 18.8 Å². The smallest absolute Gasteiger partial charge is 0.322 e. The Morgan fingerprint density at radius 3 is 2.76 bits per heavy atom. The molecule has 1 unspecified atom stereocenters. The normalized spacial score (nSPS) is 17.3. The lowest BCUT2D eigenvalue weighted by atomic mass is 10.1. The molecule has 1 fully saturated rings. The van der Waals surface area contributed by atoms with Crippen LogP contribution in [0.3, 0.4) is 0 Å². The van der Waals surface area contributed by atoms with Gasteiger partial charge >= 0.3 is 6.03 Å². The van der Waals surface area contributed by atoms with Gasteiger partial charge in [0.2, 0.25) is 5.91 Å². The summed E-state index contributed by atoms with van der Waals surface area (Å²) in [6, 6.07) is 3.55. The summed E-state index contributed by atoms with van der Waals surface area (Å²) >= 11 is 0. The van der Waals surface area contributed by atoms with Crippen molar-refractivity contribution < 1.29 is 18.8 Å². The number of carbonyl (C=O) groups excluding carboxylic acids is 3. The first kappa shape index (κ1) is 15.0. The maximum Gasteiger partial charge on any atom is 0.322 e. The summed E-state index contributed by atoms with van der Waals surface area (Å²) in [5, 5.41) is 7.16. The topological polar surface area (TPSA) is 87.3 Å². The van der Waals surface area contributed by atoms with E-state index in [-0.39, 0.29) is 31.1 Å². The predicted molar refractivity (Wildman–Crippen MR) is 72.7 cm³/mol. The highest BCUT2D eigenvalue weighted by molar-refractivity contribution is 6.04. The van der Waals surface area contributed by atoms with E-state index in [1.54, 1.807) is 19.1 Å². The quantitative estimate of drug-likeness (QED) is 0.700. The van der Waals surface area contributed by atoms with Crippen molar-refractivity contribution in [2.24, 2.45) is 0 Å². The Hall–Kier alpha value is -2.44. The third-order valence-electron chi connectivity index (χ3n) is 3.24. The highest BCUT2D eigenvalue weighted by Crippen LogP contribution is 2.09. The zero-order chi connectivity index (χ0) is 15.4. The van der Waals surface area contributed by atoms with Gasteiger partial charge in [0.1, 0.15) is 11.9 Å². The summed E-state index contributed by atoms with van der Waals surface area (Å²) in [5.41, 5.74) is 1.21. The first-order valence-electron chi connectivity index (χ1n) is 6.59. The van der Waals surface area contributed by atoms with Crippen LogP contribution in [-0.4, -0.2) is 23.9 Å². The van der Waals surface area contributed by atoms with Crippen LogP contribution in [0, 0.1) is 12.7 Å². The van der Waals surface area contributed by atoms with Gasteiger partial charge < -0.3 is 10.6 Å². The number of carbonyl (C=O) groups is 3. The molecule has 0 radical (unpaired) electrons. The Bertz CT molecular complexity index is 589. The van der Waals surface area contributed by atoms with Crippen molar-refractivity contribution in [3.63, 3.8) is 0 Å². The van der Waals surface area contributed by atoms with E-state index in [0.717, 1.165) is 0 Å². The van der Waals surface area contributed by atoms with Crippen LogP contribution < -0.4 is 16.0 Å². The molecule has 0 aromatic heterocycles. The SMILES string of the molecule is Cc1ccc(CNC(=O)CCC2NC(=O)NC2=O)cc1F. The zero-order valence-electron chi connectivity index (χ0n) is 11.5. The van der Waals surface area contributed by atoms with Crippen LogP contribution in [-0.2, 0) is 16.1 Å². The number of nitrogens with one attached hydrogen (secondary N) is 3. The molecule has 4 amide bonds.